The summed E-state index contributed by atoms with van der Waals surface area (Å²) >= 11 is 0. The Balaban J connectivity index is 1.79. The third-order valence-corrected chi connectivity index (χ3v) is 3.84. The van der Waals surface area contributed by atoms with Gasteiger partial charge in [0.25, 0.3) is 12.3 Å². The van der Waals surface area contributed by atoms with Crippen LogP contribution in [0.25, 0.3) is 0 Å². The maximum absolute atomic E-state index is 12.2. The first-order valence-electron chi connectivity index (χ1n) is 6.43. The fourth-order valence-electron chi connectivity index (χ4n) is 2.47. The third-order valence-electron chi connectivity index (χ3n) is 3.84. The van der Waals surface area contributed by atoms with Gasteiger partial charge in [-0.1, -0.05) is 0 Å². The molecule has 1 saturated carbocycles. The number of carbonyl (C=O) groups excluding carboxylic acids is 1. The van der Waals surface area contributed by atoms with Gasteiger partial charge in [0.1, 0.15) is 5.60 Å². The van der Waals surface area contributed by atoms with E-state index in [1.54, 1.807) is 4.90 Å². The average molecular weight is 262 g/mol. The normalized spacial score (nSPS) is 28.4. The highest BCUT2D eigenvalue weighted by molar-refractivity contribution is 5.85. The van der Waals surface area contributed by atoms with E-state index in [0.717, 1.165) is 12.8 Å². The first-order valence-corrected chi connectivity index (χ1v) is 6.43. The molecule has 1 amide bonds. The number of halogens is 2. The van der Waals surface area contributed by atoms with Crippen molar-refractivity contribution in [1.82, 2.24) is 10.2 Å². The molecule has 0 aromatic carbocycles. The molecule has 2 aliphatic rings. The lowest BCUT2D eigenvalue weighted by Gasteiger charge is -2.24. The molecule has 2 fully saturated rings. The molecule has 0 aromatic heterocycles. The average Bonchev–Trinajstić information content (AvgIpc) is 3.03. The van der Waals surface area contributed by atoms with Crippen molar-refractivity contribution in [2.24, 2.45) is 5.92 Å². The van der Waals surface area contributed by atoms with Crippen molar-refractivity contribution in [2.75, 3.05) is 19.6 Å². The molecule has 1 heterocycles. The standard InChI is InChI=1S/C12H20F2N2O2/c1-12(18,8-2-3-8)11(17)15-9-4-5-16(6-9)7-10(13)14/h8-10,18H,2-7H2,1H3,(H,15,17). The van der Waals surface area contributed by atoms with E-state index in [4.69, 9.17) is 0 Å². The van der Waals surface area contributed by atoms with Crippen LogP contribution in [0.4, 0.5) is 8.78 Å². The number of aliphatic hydroxyl groups is 1. The second kappa shape index (κ2) is 5.09. The summed E-state index contributed by atoms with van der Waals surface area (Å²) in [6.45, 7) is 2.30. The van der Waals surface area contributed by atoms with Crippen molar-refractivity contribution in [3.05, 3.63) is 0 Å². The van der Waals surface area contributed by atoms with Gasteiger partial charge < -0.3 is 10.4 Å². The summed E-state index contributed by atoms with van der Waals surface area (Å²) < 4.78 is 24.4. The zero-order valence-corrected chi connectivity index (χ0v) is 10.5. The summed E-state index contributed by atoms with van der Waals surface area (Å²) in [5.41, 5.74) is -1.31. The molecule has 0 aromatic rings. The summed E-state index contributed by atoms with van der Waals surface area (Å²) in [6.07, 6.45) is 0.0822. The Morgan fingerprint density at radius 1 is 1.50 bits per heavy atom. The van der Waals surface area contributed by atoms with E-state index in [2.05, 4.69) is 5.32 Å². The molecule has 0 spiro atoms. The predicted molar refractivity (Wildman–Crippen MR) is 62.3 cm³/mol. The van der Waals surface area contributed by atoms with Gasteiger partial charge in [0.15, 0.2) is 0 Å². The summed E-state index contributed by atoms with van der Waals surface area (Å²) in [5, 5.41) is 12.8. The number of rotatable bonds is 5. The van der Waals surface area contributed by atoms with Gasteiger partial charge in [-0.05, 0) is 32.1 Å². The zero-order valence-electron chi connectivity index (χ0n) is 10.5. The van der Waals surface area contributed by atoms with Gasteiger partial charge in [-0.15, -0.1) is 0 Å². The molecule has 18 heavy (non-hydrogen) atoms. The van der Waals surface area contributed by atoms with E-state index < -0.39 is 12.0 Å². The van der Waals surface area contributed by atoms with Crippen molar-refractivity contribution < 1.29 is 18.7 Å². The fraction of sp³-hybridized carbons (Fsp3) is 0.917. The highest BCUT2D eigenvalue weighted by Gasteiger charge is 2.46. The van der Waals surface area contributed by atoms with Crippen LogP contribution in [-0.4, -0.2) is 53.6 Å². The quantitative estimate of drug-likeness (QED) is 0.763. The summed E-state index contributed by atoms with van der Waals surface area (Å²) in [4.78, 5) is 13.5. The SMILES string of the molecule is CC(O)(C(=O)NC1CCN(CC(F)F)C1)C1CC1. The van der Waals surface area contributed by atoms with Crippen LogP contribution in [0.2, 0.25) is 0 Å². The zero-order chi connectivity index (χ0) is 13.3. The first-order chi connectivity index (χ1) is 8.39. The summed E-state index contributed by atoms with van der Waals surface area (Å²) in [7, 11) is 0. The van der Waals surface area contributed by atoms with E-state index >= 15 is 0 Å². The van der Waals surface area contributed by atoms with Crippen LogP contribution in [-0.2, 0) is 4.79 Å². The van der Waals surface area contributed by atoms with Crippen molar-refractivity contribution in [1.29, 1.82) is 0 Å². The third kappa shape index (κ3) is 3.17. The molecule has 1 aliphatic heterocycles. The number of amides is 1. The molecule has 2 unspecified atom stereocenters. The lowest BCUT2D eigenvalue weighted by molar-refractivity contribution is -0.140. The van der Waals surface area contributed by atoms with Crippen molar-refractivity contribution in [3.63, 3.8) is 0 Å². The Bertz CT molecular complexity index is 319. The minimum absolute atomic E-state index is 0.0519. The van der Waals surface area contributed by atoms with Crippen LogP contribution in [0.3, 0.4) is 0 Å². The topological polar surface area (TPSA) is 52.6 Å². The Morgan fingerprint density at radius 2 is 2.17 bits per heavy atom. The van der Waals surface area contributed by atoms with Gasteiger partial charge in [0, 0.05) is 19.1 Å². The second-order valence-electron chi connectivity index (χ2n) is 5.53. The van der Waals surface area contributed by atoms with Crippen LogP contribution in [0.1, 0.15) is 26.2 Å². The Labute approximate surface area is 105 Å². The fourth-order valence-corrected chi connectivity index (χ4v) is 2.47. The predicted octanol–water partition coefficient (Wildman–Crippen LogP) is 0.603. The van der Waals surface area contributed by atoms with Crippen LogP contribution in [0, 0.1) is 5.92 Å². The van der Waals surface area contributed by atoms with Gasteiger partial charge in [-0.3, -0.25) is 9.69 Å². The molecule has 6 heteroatoms. The van der Waals surface area contributed by atoms with Crippen molar-refractivity contribution >= 4 is 5.91 Å². The maximum atomic E-state index is 12.2. The molecule has 1 saturated heterocycles. The smallest absolute Gasteiger partial charge is 0.252 e. The van der Waals surface area contributed by atoms with E-state index in [9.17, 15) is 18.7 Å². The molecule has 2 rings (SSSR count). The van der Waals surface area contributed by atoms with E-state index in [0.29, 0.717) is 19.5 Å². The molecule has 104 valence electrons. The molecular formula is C12H20F2N2O2. The largest absolute Gasteiger partial charge is 0.380 e. The Morgan fingerprint density at radius 3 is 2.72 bits per heavy atom. The highest BCUT2D eigenvalue weighted by Crippen LogP contribution is 2.39. The minimum Gasteiger partial charge on any atom is -0.380 e. The maximum Gasteiger partial charge on any atom is 0.252 e. The molecule has 1 aliphatic carbocycles. The summed E-state index contributed by atoms with van der Waals surface area (Å²) in [6, 6.07) is -0.124. The number of nitrogens with zero attached hydrogens (tertiary/aromatic N) is 1. The Kier molecular flexibility index (Phi) is 3.87. The van der Waals surface area contributed by atoms with Gasteiger partial charge in [0.2, 0.25) is 0 Å². The van der Waals surface area contributed by atoms with Gasteiger partial charge in [-0.25, -0.2) is 8.78 Å². The van der Waals surface area contributed by atoms with E-state index in [1.165, 1.54) is 6.92 Å². The molecule has 4 nitrogen and oxygen atoms in total. The molecular weight excluding hydrogens is 242 g/mol. The van der Waals surface area contributed by atoms with Crippen LogP contribution < -0.4 is 5.32 Å². The van der Waals surface area contributed by atoms with Gasteiger partial charge >= 0.3 is 0 Å². The first kappa shape index (κ1) is 13.7. The highest BCUT2D eigenvalue weighted by atomic mass is 19.3. The lowest BCUT2D eigenvalue weighted by atomic mass is 9.99. The minimum atomic E-state index is -2.34. The number of hydrogen-bond acceptors (Lipinski definition) is 3. The van der Waals surface area contributed by atoms with Crippen LogP contribution >= 0.6 is 0 Å². The Hall–Kier alpha value is -0.750. The molecule has 0 radical (unpaired) electrons. The summed E-state index contributed by atoms with van der Waals surface area (Å²) in [5.74, 6) is -0.315. The number of hydrogen-bond donors (Lipinski definition) is 2. The van der Waals surface area contributed by atoms with Crippen LogP contribution in [0.15, 0.2) is 0 Å². The molecule has 2 atom stereocenters. The number of alkyl halides is 2. The van der Waals surface area contributed by atoms with Gasteiger partial charge in [0.05, 0.1) is 6.54 Å². The number of carbonyl (C=O) groups is 1. The van der Waals surface area contributed by atoms with Crippen LogP contribution in [0.5, 0.6) is 0 Å². The van der Waals surface area contributed by atoms with Crippen molar-refractivity contribution in [2.45, 2.75) is 44.3 Å². The molecule has 0 bridgehead atoms. The monoisotopic (exact) mass is 262 g/mol. The number of nitrogens with one attached hydrogen (secondary N) is 1. The van der Waals surface area contributed by atoms with E-state index in [1.807, 2.05) is 0 Å². The second-order valence-corrected chi connectivity index (χ2v) is 5.53. The lowest BCUT2D eigenvalue weighted by Crippen LogP contribution is -2.50. The number of likely N-dealkylation sites (tertiary alicyclic amines) is 1. The van der Waals surface area contributed by atoms with E-state index in [-0.39, 0.29) is 24.4 Å². The molecule has 2 N–H and O–H groups in total. The van der Waals surface area contributed by atoms with Gasteiger partial charge in [-0.2, -0.15) is 0 Å². The van der Waals surface area contributed by atoms with Crippen molar-refractivity contribution in [3.8, 4) is 0 Å².